The quantitative estimate of drug-likeness (QED) is 0.500. The van der Waals surface area contributed by atoms with Crippen LogP contribution in [0.4, 0.5) is 4.79 Å². The van der Waals surface area contributed by atoms with Crippen molar-refractivity contribution in [3.05, 3.63) is 30.1 Å². The van der Waals surface area contributed by atoms with Crippen molar-refractivity contribution in [2.45, 2.75) is 32.1 Å². The Morgan fingerprint density at radius 3 is 2.90 bits per heavy atom. The molecule has 21 heavy (non-hydrogen) atoms. The molecule has 1 aromatic rings. The molecule has 1 fully saturated rings. The van der Waals surface area contributed by atoms with Crippen LogP contribution in [0, 0.1) is 0 Å². The highest BCUT2D eigenvalue weighted by Crippen LogP contribution is 2.07. The summed E-state index contributed by atoms with van der Waals surface area (Å²) in [7, 11) is 0. The molecule has 0 saturated carbocycles. The average Bonchev–Trinajstić information content (AvgIpc) is 2.53. The van der Waals surface area contributed by atoms with E-state index in [1.165, 1.54) is 12.0 Å². The van der Waals surface area contributed by atoms with E-state index in [2.05, 4.69) is 15.3 Å². The molecule has 1 aliphatic rings. The molecule has 0 aliphatic carbocycles. The molecule has 1 aliphatic heterocycles. The molecule has 1 saturated heterocycles. The Kier molecular flexibility index (Phi) is 5.99. The lowest BCUT2D eigenvalue weighted by Gasteiger charge is -2.27. The number of hydrogen-bond donors (Lipinski definition) is 2. The number of likely N-dealkylation sites (tertiary alicyclic amines) is 1. The molecular weight excluding hydrogens is 266 g/mol. The fourth-order valence-corrected chi connectivity index (χ4v) is 2.37. The lowest BCUT2D eigenvalue weighted by molar-refractivity contribution is 0.248. The lowest BCUT2D eigenvalue weighted by atomic mass is 10.1. The lowest BCUT2D eigenvalue weighted by Crippen LogP contribution is -2.42. The molecule has 0 aromatic carbocycles. The van der Waals surface area contributed by atoms with Crippen molar-refractivity contribution in [1.82, 2.24) is 15.2 Å². The minimum Gasteiger partial charge on any atom is -0.369 e. The summed E-state index contributed by atoms with van der Waals surface area (Å²) in [5.41, 5.74) is 7.02. The smallest absolute Gasteiger partial charge is 0.344 e. The van der Waals surface area contributed by atoms with Gasteiger partial charge in [0, 0.05) is 32.0 Å². The summed E-state index contributed by atoms with van der Waals surface area (Å²) in [4.78, 5) is 21.6. The molecule has 114 valence electrons. The number of carbonyl (C=O) groups is 1. The molecule has 2 heterocycles. The minimum atomic E-state index is -0.357. The molecule has 0 bridgehead atoms. The van der Waals surface area contributed by atoms with Gasteiger partial charge in [0.25, 0.3) is 0 Å². The number of hydrogen-bond acceptors (Lipinski definition) is 2. The van der Waals surface area contributed by atoms with Gasteiger partial charge in [0.2, 0.25) is 5.96 Å². The van der Waals surface area contributed by atoms with Crippen molar-refractivity contribution < 1.29 is 4.79 Å². The maximum absolute atomic E-state index is 11.7. The number of piperidine rings is 1. The second-order valence-electron chi connectivity index (χ2n) is 5.21. The molecule has 0 radical (unpaired) electrons. The summed E-state index contributed by atoms with van der Waals surface area (Å²) in [5, 5.41) is 2.77. The number of nitrogens with one attached hydrogen (secondary N) is 1. The highest BCUT2D eigenvalue weighted by molar-refractivity contribution is 5.91. The summed E-state index contributed by atoms with van der Waals surface area (Å²) in [6.07, 6.45) is 8.80. The Balaban J connectivity index is 1.67. The summed E-state index contributed by atoms with van der Waals surface area (Å²) in [5.74, 6) is 0.333. The van der Waals surface area contributed by atoms with Crippen LogP contribution in [-0.4, -0.2) is 41.5 Å². The van der Waals surface area contributed by atoms with E-state index in [-0.39, 0.29) is 6.03 Å². The standard InChI is InChI=1S/C15H23N5O/c16-14(20-10-2-1-3-11-20)19-15(21)18-9-5-7-13-6-4-8-17-12-13/h4,6,8,12H,1-3,5,7,9-11H2,(H3,16,18,19,21). The van der Waals surface area contributed by atoms with Gasteiger partial charge in [-0.2, -0.15) is 4.99 Å². The zero-order chi connectivity index (χ0) is 14.9. The zero-order valence-electron chi connectivity index (χ0n) is 12.3. The molecule has 2 amide bonds. The number of rotatable bonds is 4. The molecule has 2 rings (SSSR count). The molecular formula is C15H23N5O. The molecule has 3 N–H and O–H groups in total. The number of aliphatic imine (C=N–C) groups is 1. The zero-order valence-corrected chi connectivity index (χ0v) is 12.3. The third-order valence-electron chi connectivity index (χ3n) is 3.54. The van der Waals surface area contributed by atoms with Crippen LogP contribution in [0.25, 0.3) is 0 Å². The topological polar surface area (TPSA) is 83.6 Å². The fraction of sp³-hybridized carbons (Fsp3) is 0.533. The van der Waals surface area contributed by atoms with Gasteiger partial charge in [0.1, 0.15) is 0 Å². The van der Waals surface area contributed by atoms with E-state index in [1.54, 1.807) is 6.20 Å². The maximum Gasteiger partial charge on any atom is 0.344 e. The normalized spacial score (nSPS) is 15.8. The highest BCUT2D eigenvalue weighted by Gasteiger charge is 2.12. The average molecular weight is 289 g/mol. The molecule has 1 aromatic heterocycles. The van der Waals surface area contributed by atoms with Gasteiger partial charge in [-0.25, -0.2) is 4.79 Å². The number of pyridine rings is 1. The summed E-state index contributed by atoms with van der Waals surface area (Å²) in [6.45, 7) is 2.37. The number of aryl methyl sites for hydroxylation is 1. The van der Waals surface area contributed by atoms with E-state index in [4.69, 9.17) is 5.73 Å². The van der Waals surface area contributed by atoms with E-state index in [0.29, 0.717) is 12.5 Å². The van der Waals surface area contributed by atoms with Crippen LogP contribution in [-0.2, 0) is 6.42 Å². The Bertz CT molecular complexity index is 468. The summed E-state index contributed by atoms with van der Waals surface area (Å²) in [6, 6.07) is 3.59. The van der Waals surface area contributed by atoms with E-state index in [0.717, 1.165) is 38.8 Å². The minimum absolute atomic E-state index is 0.333. The van der Waals surface area contributed by atoms with Crippen molar-refractivity contribution in [3.8, 4) is 0 Å². The number of nitrogens with two attached hydrogens (primary N) is 1. The first-order chi connectivity index (χ1) is 10.3. The Morgan fingerprint density at radius 1 is 1.38 bits per heavy atom. The maximum atomic E-state index is 11.7. The third-order valence-corrected chi connectivity index (χ3v) is 3.54. The van der Waals surface area contributed by atoms with Crippen molar-refractivity contribution in [2.75, 3.05) is 19.6 Å². The SMILES string of the molecule is NC(=NC(=O)NCCCc1cccnc1)N1CCCCC1. The van der Waals surface area contributed by atoms with E-state index >= 15 is 0 Å². The van der Waals surface area contributed by atoms with Crippen molar-refractivity contribution in [1.29, 1.82) is 0 Å². The molecule has 0 spiro atoms. The third kappa shape index (κ3) is 5.41. The number of guanidine groups is 1. The van der Waals surface area contributed by atoms with Gasteiger partial charge in [0.15, 0.2) is 0 Å². The van der Waals surface area contributed by atoms with Crippen LogP contribution in [0.5, 0.6) is 0 Å². The highest BCUT2D eigenvalue weighted by atomic mass is 16.2. The van der Waals surface area contributed by atoms with Crippen LogP contribution in [0.1, 0.15) is 31.2 Å². The van der Waals surface area contributed by atoms with Gasteiger partial charge < -0.3 is 16.0 Å². The number of nitrogens with zero attached hydrogens (tertiary/aromatic N) is 3. The second-order valence-corrected chi connectivity index (χ2v) is 5.21. The van der Waals surface area contributed by atoms with Gasteiger partial charge in [-0.15, -0.1) is 0 Å². The predicted molar refractivity (Wildman–Crippen MR) is 83.0 cm³/mol. The number of urea groups is 1. The van der Waals surface area contributed by atoms with Gasteiger partial charge >= 0.3 is 6.03 Å². The predicted octanol–water partition coefficient (Wildman–Crippen LogP) is 1.52. The molecule has 6 heteroatoms. The first kappa shape index (κ1) is 15.3. The van der Waals surface area contributed by atoms with Crippen LogP contribution in [0.2, 0.25) is 0 Å². The van der Waals surface area contributed by atoms with Gasteiger partial charge in [-0.1, -0.05) is 6.07 Å². The van der Waals surface area contributed by atoms with Crippen molar-refractivity contribution in [3.63, 3.8) is 0 Å². The number of aromatic nitrogens is 1. The van der Waals surface area contributed by atoms with Gasteiger partial charge in [0.05, 0.1) is 0 Å². The number of amides is 2. The van der Waals surface area contributed by atoms with Crippen LogP contribution < -0.4 is 11.1 Å². The van der Waals surface area contributed by atoms with E-state index in [9.17, 15) is 4.79 Å². The summed E-state index contributed by atoms with van der Waals surface area (Å²) < 4.78 is 0. The molecule has 0 atom stereocenters. The molecule has 6 nitrogen and oxygen atoms in total. The number of carbonyl (C=O) groups excluding carboxylic acids is 1. The first-order valence-corrected chi connectivity index (χ1v) is 7.51. The Labute approximate surface area is 125 Å². The van der Waals surface area contributed by atoms with E-state index in [1.807, 2.05) is 23.2 Å². The second kappa shape index (κ2) is 8.24. The Hall–Kier alpha value is -2.11. The van der Waals surface area contributed by atoms with Crippen LogP contribution in [0.3, 0.4) is 0 Å². The Morgan fingerprint density at radius 2 is 2.19 bits per heavy atom. The van der Waals surface area contributed by atoms with Crippen LogP contribution >= 0.6 is 0 Å². The van der Waals surface area contributed by atoms with Gasteiger partial charge in [-0.3, -0.25) is 4.98 Å². The van der Waals surface area contributed by atoms with Crippen molar-refractivity contribution >= 4 is 12.0 Å². The molecule has 0 unspecified atom stereocenters. The monoisotopic (exact) mass is 289 g/mol. The summed E-state index contributed by atoms with van der Waals surface area (Å²) >= 11 is 0. The fourth-order valence-electron chi connectivity index (χ4n) is 2.37. The van der Waals surface area contributed by atoms with Crippen molar-refractivity contribution in [2.24, 2.45) is 10.7 Å². The first-order valence-electron chi connectivity index (χ1n) is 7.51. The van der Waals surface area contributed by atoms with E-state index < -0.39 is 0 Å². The van der Waals surface area contributed by atoms with Crippen LogP contribution in [0.15, 0.2) is 29.5 Å². The largest absolute Gasteiger partial charge is 0.369 e. The van der Waals surface area contributed by atoms with Gasteiger partial charge in [-0.05, 0) is 43.7 Å².